The second-order valence-corrected chi connectivity index (χ2v) is 8.73. The minimum Gasteiger partial charge on any atom is -0.464 e. The standard InChI is InChI=1S/C26H51NO5/c1-4-6-8-10-11-12-13-14-15-16-17-19-21-31-25(28)24(20-18-9-7-5-2)27-26(29)32-23-22-30-3/h24H,4-23H2,1-3H3,(H,27,29). The van der Waals surface area contributed by atoms with Gasteiger partial charge in [-0.15, -0.1) is 0 Å². The van der Waals surface area contributed by atoms with Crippen LogP contribution in [0.25, 0.3) is 0 Å². The molecule has 190 valence electrons. The monoisotopic (exact) mass is 457 g/mol. The van der Waals surface area contributed by atoms with E-state index in [2.05, 4.69) is 19.2 Å². The van der Waals surface area contributed by atoms with Crippen molar-refractivity contribution in [3.8, 4) is 0 Å². The SMILES string of the molecule is CCCCCCCCCCCCCCOC(=O)C(CCCCCC)NC(=O)OCCOC. The minimum absolute atomic E-state index is 0.165. The molecular weight excluding hydrogens is 406 g/mol. The average Bonchev–Trinajstić information content (AvgIpc) is 2.79. The maximum atomic E-state index is 12.5. The normalized spacial score (nSPS) is 11.8. The lowest BCUT2D eigenvalue weighted by molar-refractivity contribution is -0.146. The number of methoxy groups -OCH3 is 1. The summed E-state index contributed by atoms with van der Waals surface area (Å²) in [6, 6.07) is -0.640. The molecule has 1 amide bonds. The van der Waals surface area contributed by atoms with Crippen LogP contribution in [0, 0.1) is 0 Å². The predicted molar refractivity (Wildman–Crippen MR) is 131 cm³/mol. The number of rotatable bonds is 23. The summed E-state index contributed by atoms with van der Waals surface area (Å²) >= 11 is 0. The number of nitrogens with one attached hydrogen (secondary N) is 1. The fraction of sp³-hybridized carbons (Fsp3) is 0.923. The van der Waals surface area contributed by atoms with Crippen molar-refractivity contribution in [3.63, 3.8) is 0 Å². The molecule has 0 saturated heterocycles. The van der Waals surface area contributed by atoms with Gasteiger partial charge in [-0.1, -0.05) is 110 Å². The second kappa shape index (κ2) is 24.3. The third kappa shape index (κ3) is 20.6. The fourth-order valence-electron chi connectivity index (χ4n) is 3.64. The molecule has 6 heteroatoms. The molecule has 32 heavy (non-hydrogen) atoms. The maximum absolute atomic E-state index is 12.5. The highest BCUT2D eigenvalue weighted by atomic mass is 16.6. The summed E-state index contributed by atoms with van der Waals surface area (Å²) in [4.78, 5) is 24.4. The van der Waals surface area contributed by atoms with E-state index < -0.39 is 12.1 Å². The third-order valence-corrected chi connectivity index (χ3v) is 5.69. The zero-order valence-electron chi connectivity index (χ0n) is 21.3. The fourth-order valence-corrected chi connectivity index (χ4v) is 3.64. The Labute approximate surface area is 197 Å². The van der Waals surface area contributed by atoms with Crippen LogP contribution in [0.4, 0.5) is 4.79 Å². The first-order valence-electron chi connectivity index (χ1n) is 13.2. The van der Waals surface area contributed by atoms with Gasteiger partial charge in [0.05, 0.1) is 13.2 Å². The van der Waals surface area contributed by atoms with E-state index in [1.165, 1.54) is 64.2 Å². The summed E-state index contributed by atoms with van der Waals surface area (Å²) < 4.78 is 15.3. The van der Waals surface area contributed by atoms with Gasteiger partial charge in [-0.2, -0.15) is 0 Å². The summed E-state index contributed by atoms with van der Waals surface area (Å²) in [5.74, 6) is -0.353. The topological polar surface area (TPSA) is 73.9 Å². The Balaban J connectivity index is 3.90. The minimum atomic E-state index is -0.640. The molecule has 0 fully saturated rings. The van der Waals surface area contributed by atoms with E-state index in [0.29, 0.717) is 19.6 Å². The van der Waals surface area contributed by atoms with Crippen LogP contribution < -0.4 is 5.32 Å². The smallest absolute Gasteiger partial charge is 0.407 e. The first kappa shape index (κ1) is 30.7. The number of hydrogen-bond donors (Lipinski definition) is 1. The summed E-state index contributed by atoms with van der Waals surface area (Å²) in [5.41, 5.74) is 0. The van der Waals surface area contributed by atoms with Crippen molar-refractivity contribution in [2.24, 2.45) is 0 Å². The number of alkyl carbamates (subject to hydrolysis) is 1. The lowest BCUT2D eigenvalue weighted by Gasteiger charge is -2.17. The Morgan fingerprint density at radius 1 is 0.625 bits per heavy atom. The summed E-state index contributed by atoms with van der Waals surface area (Å²) in [6.45, 7) is 5.32. The molecule has 0 aromatic rings. The predicted octanol–water partition coefficient (Wildman–Crippen LogP) is 6.94. The number of hydrogen-bond acceptors (Lipinski definition) is 5. The number of carbonyl (C=O) groups excluding carboxylic acids is 2. The maximum Gasteiger partial charge on any atom is 0.407 e. The van der Waals surface area contributed by atoms with Gasteiger partial charge in [0.1, 0.15) is 12.6 Å². The Kier molecular flexibility index (Phi) is 23.4. The van der Waals surface area contributed by atoms with Crippen LogP contribution in [0.3, 0.4) is 0 Å². The largest absolute Gasteiger partial charge is 0.464 e. The van der Waals surface area contributed by atoms with E-state index >= 15 is 0 Å². The van der Waals surface area contributed by atoms with Gasteiger partial charge in [0.25, 0.3) is 0 Å². The van der Waals surface area contributed by atoms with Crippen LogP contribution in [0.1, 0.15) is 123 Å². The quantitative estimate of drug-likeness (QED) is 0.133. The molecule has 1 atom stereocenters. The zero-order valence-corrected chi connectivity index (χ0v) is 21.3. The van der Waals surface area contributed by atoms with E-state index in [9.17, 15) is 9.59 Å². The molecule has 0 heterocycles. The van der Waals surface area contributed by atoms with Gasteiger partial charge in [-0.05, 0) is 12.8 Å². The van der Waals surface area contributed by atoms with Crippen LogP contribution in [-0.4, -0.2) is 45.0 Å². The first-order chi connectivity index (χ1) is 15.7. The molecule has 1 unspecified atom stereocenters. The van der Waals surface area contributed by atoms with Crippen molar-refractivity contribution in [1.82, 2.24) is 5.32 Å². The van der Waals surface area contributed by atoms with Crippen molar-refractivity contribution < 1.29 is 23.8 Å². The molecule has 0 aromatic carbocycles. The van der Waals surface area contributed by atoms with E-state index in [-0.39, 0.29) is 12.6 Å². The Morgan fingerprint density at radius 3 is 1.66 bits per heavy atom. The number of carbonyl (C=O) groups is 2. The van der Waals surface area contributed by atoms with Crippen LogP contribution >= 0.6 is 0 Å². The third-order valence-electron chi connectivity index (χ3n) is 5.69. The summed E-state index contributed by atoms with van der Waals surface area (Å²) in [6.07, 6.45) is 19.4. The van der Waals surface area contributed by atoms with Crippen LogP contribution in [-0.2, 0) is 19.0 Å². The Hall–Kier alpha value is -1.30. The molecule has 6 nitrogen and oxygen atoms in total. The molecule has 0 aliphatic rings. The summed E-state index contributed by atoms with van der Waals surface area (Å²) in [7, 11) is 1.55. The number of amides is 1. The van der Waals surface area contributed by atoms with Crippen molar-refractivity contribution in [3.05, 3.63) is 0 Å². The number of unbranched alkanes of at least 4 members (excludes halogenated alkanes) is 14. The molecule has 1 N–H and O–H groups in total. The number of ether oxygens (including phenoxy) is 3. The lowest BCUT2D eigenvalue weighted by Crippen LogP contribution is -2.42. The van der Waals surface area contributed by atoms with Gasteiger partial charge in [0.2, 0.25) is 0 Å². The van der Waals surface area contributed by atoms with E-state index in [1.54, 1.807) is 7.11 Å². The molecule has 0 aromatic heterocycles. The first-order valence-corrected chi connectivity index (χ1v) is 13.2. The molecule has 0 aliphatic heterocycles. The van der Waals surface area contributed by atoms with E-state index in [4.69, 9.17) is 14.2 Å². The molecule has 0 rings (SSSR count). The molecule has 0 aliphatic carbocycles. The van der Waals surface area contributed by atoms with Crippen molar-refractivity contribution >= 4 is 12.1 Å². The van der Waals surface area contributed by atoms with E-state index in [0.717, 1.165) is 38.5 Å². The molecule has 0 radical (unpaired) electrons. The zero-order chi connectivity index (χ0) is 23.7. The molecule has 0 saturated carbocycles. The van der Waals surface area contributed by atoms with Gasteiger partial charge in [-0.25, -0.2) is 9.59 Å². The highest BCUT2D eigenvalue weighted by Gasteiger charge is 2.22. The van der Waals surface area contributed by atoms with Gasteiger partial charge in [0.15, 0.2) is 0 Å². The second-order valence-electron chi connectivity index (χ2n) is 8.73. The van der Waals surface area contributed by atoms with Gasteiger partial charge < -0.3 is 19.5 Å². The molecule has 0 bridgehead atoms. The van der Waals surface area contributed by atoms with Gasteiger partial charge >= 0.3 is 12.1 Å². The van der Waals surface area contributed by atoms with Crippen LogP contribution in [0.2, 0.25) is 0 Å². The van der Waals surface area contributed by atoms with Crippen molar-refractivity contribution in [2.75, 3.05) is 26.9 Å². The van der Waals surface area contributed by atoms with Gasteiger partial charge in [0, 0.05) is 7.11 Å². The number of esters is 1. The Bertz CT molecular complexity index is 430. The highest BCUT2D eigenvalue weighted by Crippen LogP contribution is 2.12. The molecule has 0 spiro atoms. The van der Waals surface area contributed by atoms with E-state index in [1.807, 2.05) is 0 Å². The van der Waals surface area contributed by atoms with Crippen molar-refractivity contribution in [2.45, 2.75) is 129 Å². The lowest BCUT2D eigenvalue weighted by atomic mass is 10.1. The van der Waals surface area contributed by atoms with Crippen LogP contribution in [0.5, 0.6) is 0 Å². The van der Waals surface area contributed by atoms with Crippen molar-refractivity contribution in [1.29, 1.82) is 0 Å². The highest BCUT2D eigenvalue weighted by molar-refractivity contribution is 5.81. The average molecular weight is 458 g/mol. The molecular formula is C26H51NO5. The Morgan fingerprint density at radius 2 is 1.12 bits per heavy atom. The summed E-state index contributed by atoms with van der Waals surface area (Å²) in [5, 5.41) is 2.66. The van der Waals surface area contributed by atoms with Gasteiger partial charge in [-0.3, -0.25) is 0 Å². The van der Waals surface area contributed by atoms with Crippen LogP contribution in [0.15, 0.2) is 0 Å².